The first kappa shape index (κ1) is 19.3. The number of rotatable bonds is 6. The first-order valence-corrected chi connectivity index (χ1v) is 10.2. The van der Waals surface area contributed by atoms with Gasteiger partial charge >= 0.3 is 0 Å². The number of hydrogen-bond donors (Lipinski definition) is 0. The van der Waals surface area contributed by atoms with E-state index in [0.717, 1.165) is 42.8 Å². The summed E-state index contributed by atoms with van der Waals surface area (Å²) in [6.07, 6.45) is 3.80. The van der Waals surface area contributed by atoms with E-state index < -0.39 is 0 Å². The summed E-state index contributed by atoms with van der Waals surface area (Å²) in [7, 11) is 0. The number of aryl methyl sites for hydroxylation is 1. The van der Waals surface area contributed by atoms with E-state index in [-0.39, 0.29) is 17.8 Å². The molecule has 1 atom stereocenters. The monoisotopic (exact) mass is 388 g/mol. The first-order valence-electron chi connectivity index (χ1n) is 10.2. The molecule has 1 aliphatic heterocycles. The van der Waals surface area contributed by atoms with E-state index in [9.17, 15) is 9.18 Å². The van der Waals surface area contributed by atoms with Gasteiger partial charge in [-0.05, 0) is 54.7 Å². The zero-order chi connectivity index (χ0) is 20.1. The van der Waals surface area contributed by atoms with Gasteiger partial charge in [0.2, 0.25) is 5.91 Å². The lowest BCUT2D eigenvalue weighted by Crippen LogP contribution is -2.31. The topological polar surface area (TPSA) is 33.2 Å². The lowest BCUT2D eigenvalue weighted by Gasteiger charge is -2.25. The van der Waals surface area contributed by atoms with Crippen LogP contribution in [0.3, 0.4) is 0 Å². The van der Waals surface area contributed by atoms with Gasteiger partial charge in [0.15, 0.2) is 0 Å². The molecule has 1 unspecified atom stereocenters. The van der Waals surface area contributed by atoms with E-state index in [2.05, 4.69) is 12.1 Å². The van der Waals surface area contributed by atoms with Crippen LogP contribution in [0.4, 0.5) is 4.39 Å². The zero-order valence-corrected chi connectivity index (χ0v) is 16.4. The number of likely N-dealkylation sites (tertiary alicyclic amines) is 1. The second-order valence-electron chi connectivity index (χ2n) is 7.59. The van der Waals surface area contributed by atoms with Gasteiger partial charge in [-0.15, -0.1) is 0 Å². The molecule has 148 valence electrons. The van der Waals surface area contributed by atoms with Gasteiger partial charge in [-0.25, -0.2) is 4.39 Å². The van der Waals surface area contributed by atoms with E-state index in [1.807, 2.05) is 41.3 Å². The number of amides is 1. The Balaban J connectivity index is 1.43. The summed E-state index contributed by atoms with van der Waals surface area (Å²) in [5.41, 5.74) is 4.22. The minimum Gasteiger partial charge on any atom is -0.334 e. The number of nitrogens with zero attached hydrogens (tertiary/aromatic N) is 2. The van der Waals surface area contributed by atoms with Crippen LogP contribution < -0.4 is 0 Å². The first-order chi connectivity index (χ1) is 14.2. The molecule has 0 N–H and O–H groups in total. The van der Waals surface area contributed by atoms with Crippen molar-refractivity contribution in [3.05, 3.63) is 101 Å². The van der Waals surface area contributed by atoms with Crippen LogP contribution in [0.15, 0.2) is 72.8 Å². The Hall–Kier alpha value is -3.01. The third-order valence-corrected chi connectivity index (χ3v) is 5.51. The van der Waals surface area contributed by atoms with Crippen LogP contribution in [-0.4, -0.2) is 22.3 Å². The third-order valence-electron chi connectivity index (χ3n) is 5.51. The van der Waals surface area contributed by atoms with E-state index in [1.165, 1.54) is 17.7 Å². The summed E-state index contributed by atoms with van der Waals surface area (Å²) in [4.78, 5) is 19.7. The fourth-order valence-corrected chi connectivity index (χ4v) is 4.01. The maximum absolute atomic E-state index is 13.1. The average molecular weight is 388 g/mol. The molecular weight excluding hydrogens is 363 g/mol. The van der Waals surface area contributed by atoms with Gasteiger partial charge in [0, 0.05) is 25.1 Å². The van der Waals surface area contributed by atoms with Gasteiger partial charge in [0.05, 0.1) is 11.7 Å². The van der Waals surface area contributed by atoms with Crippen molar-refractivity contribution < 1.29 is 9.18 Å². The van der Waals surface area contributed by atoms with Crippen molar-refractivity contribution in [2.75, 3.05) is 6.54 Å². The molecule has 3 aromatic rings. The van der Waals surface area contributed by atoms with Crippen LogP contribution in [0.5, 0.6) is 0 Å². The number of halogens is 1. The van der Waals surface area contributed by atoms with Crippen LogP contribution >= 0.6 is 0 Å². The minimum atomic E-state index is -0.249. The van der Waals surface area contributed by atoms with Gasteiger partial charge in [-0.2, -0.15) is 0 Å². The molecule has 0 aliphatic carbocycles. The lowest BCUT2D eigenvalue weighted by atomic mass is 10.1. The van der Waals surface area contributed by atoms with Gasteiger partial charge in [0.25, 0.3) is 0 Å². The molecule has 4 rings (SSSR count). The van der Waals surface area contributed by atoms with Crippen molar-refractivity contribution in [2.24, 2.45) is 0 Å². The van der Waals surface area contributed by atoms with Crippen molar-refractivity contribution in [1.82, 2.24) is 9.88 Å². The summed E-state index contributed by atoms with van der Waals surface area (Å²) in [5, 5.41) is 0. The molecule has 0 bridgehead atoms. The number of hydrogen-bond acceptors (Lipinski definition) is 2. The Labute approximate surface area is 171 Å². The average Bonchev–Trinajstić information content (AvgIpc) is 3.24. The molecule has 4 heteroatoms. The van der Waals surface area contributed by atoms with Crippen LogP contribution in [0.1, 0.15) is 47.8 Å². The van der Waals surface area contributed by atoms with Crippen LogP contribution in [0.2, 0.25) is 0 Å². The molecule has 0 radical (unpaired) electrons. The largest absolute Gasteiger partial charge is 0.334 e. The Morgan fingerprint density at radius 1 is 0.966 bits per heavy atom. The highest BCUT2D eigenvalue weighted by Gasteiger charge is 2.30. The molecule has 29 heavy (non-hydrogen) atoms. The molecule has 0 saturated carbocycles. The van der Waals surface area contributed by atoms with Crippen LogP contribution in [0.25, 0.3) is 0 Å². The van der Waals surface area contributed by atoms with Gasteiger partial charge in [0.1, 0.15) is 5.82 Å². The molecule has 1 amide bonds. The SMILES string of the molecule is O=C(CCc1ccc(F)cc1)N1CCCC1c1cccc(Cc2ccccc2)n1. The number of aromatic nitrogens is 1. The Morgan fingerprint density at radius 3 is 2.55 bits per heavy atom. The van der Waals surface area contributed by atoms with Gasteiger partial charge < -0.3 is 4.90 Å². The van der Waals surface area contributed by atoms with E-state index in [4.69, 9.17) is 4.98 Å². The lowest BCUT2D eigenvalue weighted by molar-refractivity contribution is -0.132. The number of benzene rings is 2. The Bertz CT molecular complexity index is 956. The zero-order valence-electron chi connectivity index (χ0n) is 16.4. The van der Waals surface area contributed by atoms with Crippen molar-refractivity contribution in [3.8, 4) is 0 Å². The number of pyridine rings is 1. The quantitative estimate of drug-likeness (QED) is 0.588. The smallest absolute Gasteiger partial charge is 0.223 e. The molecule has 1 saturated heterocycles. The second kappa shape index (κ2) is 8.99. The molecular formula is C25H25FN2O. The van der Waals surface area contributed by atoms with Crippen molar-refractivity contribution in [2.45, 2.75) is 38.1 Å². The molecule has 3 nitrogen and oxygen atoms in total. The maximum atomic E-state index is 13.1. The third kappa shape index (κ3) is 4.89. The Kier molecular flexibility index (Phi) is 5.99. The van der Waals surface area contributed by atoms with Crippen LogP contribution in [-0.2, 0) is 17.6 Å². The van der Waals surface area contributed by atoms with Gasteiger partial charge in [-0.3, -0.25) is 9.78 Å². The number of carbonyl (C=O) groups is 1. The predicted molar refractivity (Wildman–Crippen MR) is 112 cm³/mol. The Morgan fingerprint density at radius 2 is 1.76 bits per heavy atom. The highest BCUT2D eigenvalue weighted by atomic mass is 19.1. The number of carbonyl (C=O) groups excluding carboxylic acids is 1. The fourth-order valence-electron chi connectivity index (χ4n) is 4.01. The van der Waals surface area contributed by atoms with Crippen molar-refractivity contribution in [3.63, 3.8) is 0 Å². The highest BCUT2D eigenvalue weighted by Crippen LogP contribution is 2.31. The molecule has 2 aromatic carbocycles. The summed E-state index contributed by atoms with van der Waals surface area (Å²) in [6.45, 7) is 0.775. The standard InChI is InChI=1S/C25H25FN2O/c26-21-14-11-19(12-15-21)13-16-25(29)28-17-5-10-24(28)23-9-4-8-22(27-23)18-20-6-2-1-3-7-20/h1-4,6-9,11-12,14-15,24H,5,10,13,16-18H2. The summed E-state index contributed by atoms with van der Waals surface area (Å²) in [6, 6.07) is 22.9. The summed E-state index contributed by atoms with van der Waals surface area (Å²) < 4.78 is 13.1. The van der Waals surface area contributed by atoms with E-state index in [1.54, 1.807) is 12.1 Å². The molecule has 1 fully saturated rings. The summed E-state index contributed by atoms with van der Waals surface area (Å²) in [5.74, 6) is -0.103. The molecule has 2 heterocycles. The van der Waals surface area contributed by atoms with Crippen molar-refractivity contribution >= 4 is 5.91 Å². The highest BCUT2D eigenvalue weighted by molar-refractivity contribution is 5.77. The minimum absolute atomic E-state index is 0.0476. The van der Waals surface area contributed by atoms with E-state index >= 15 is 0 Å². The van der Waals surface area contributed by atoms with E-state index in [0.29, 0.717) is 12.8 Å². The second-order valence-corrected chi connectivity index (χ2v) is 7.59. The fraction of sp³-hybridized carbons (Fsp3) is 0.280. The molecule has 1 aliphatic rings. The summed E-state index contributed by atoms with van der Waals surface area (Å²) >= 11 is 0. The predicted octanol–water partition coefficient (Wildman–Crippen LogP) is 5.11. The molecule has 0 spiro atoms. The van der Waals surface area contributed by atoms with Gasteiger partial charge in [-0.1, -0.05) is 48.5 Å². The maximum Gasteiger partial charge on any atom is 0.223 e. The van der Waals surface area contributed by atoms with Crippen molar-refractivity contribution in [1.29, 1.82) is 0 Å². The molecule has 1 aromatic heterocycles. The van der Waals surface area contributed by atoms with Crippen LogP contribution in [0, 0.1) is 5.82 Å². The normalized spacial score (nSPS) is 16.2.